The summed E-state index contributed by atoms with van der Waals surface area (Å²) in [6.07, 6.45) is 7.71. The number of nitrogens with one attached hydrogen (secondary N) is 1. The van der Waals surface area contributed by atoms with Crippen LogP contribution >= 0.6 is 0 Å². The second kappa shape index (κ2) is 11.2. The quantitative estimate of drug-likeness (QED) is 0.422. The normalized spacial score (nSPS) is 14.9. The molecule has 1 aliphatic rings. The molecule has 0 atom stereocenters. The minimum absolute atomic E-state index is 0.000238. The second-order valence-corrected chi connectivity index (χ2v) is 10.2. The Morgan fingerprint density at radius 1 is 1.32 bits per heavy atom. The molecule has 3 heterocycles. The number of nitrogens with zero attached hydrogens (tertiary/aromatic N) is 5. The average Bonchev–Trinajstić information content (AvgIpc) is 3.36. The maximum absolute atomic E-state index is 13.0. The first kappa shape index (κ1) is 26.4. The van der Waals surface area contributed by atoms with E-state index in [0.29, 0.717) is 59.6 Å². The summed E-state index contributed by atoms with van der Waals surface area (Å²) in [5.41, 5.74) is 8.97. The number of nitrogens with two attached hydrogens (primary N) is 1. The molecule has 1 aliphatic heterocycles. The number of anilines is 1. The lowest BCUT2D eigenvalue weighted by Gasteiger charge is -2.30. The number of aliphatic imine (C=N–C) groups is 1. The highest BCUT2D eigenvalue weighted by molar-refractivity contribution is 7.95. The Morgan fingerprint density at radius 2 is 2.08 bits per heavy atom. The lowest BCUT2D eigenvalue weighted by Crippen LogP contribution is -2.39. The van der Waals surface area contributed by atoms with E-state index in [0.717, 1.165) is 11.0 Å². The van der Waals surface area contributed by atoms with Crippen LogP contribution in [-0.4, -0.2) is 61.3 Å². The van der Waals surface area contributed by atoms with Gasteiger partial charge < -0.3 is 15.4 Å². The molecular weight excluding hydrogens is 506 g/mol. The number of piperidine rings is 1. The molecule has 0 radical (unpaired) electrons. The number of fused-ring (bicyclic) bond motifs is 1. The number of benzene rings is 1. The Hall–Kier alpha value is -4.63. The molecule has 1 saturated heterocycles. The lowest BCUT2D eigenvalue weighted by molar-refractivity contribution is 0.0715. The van der Waals surface area contributed by atoms with Crippen molar-refractivity contribution in [1.82, 2.24) is 14.5 Å². The summed E-state index contributed by atoms with van der Waals surface area (Å²) in [4.78, 5) is 19.4. The summed E-state index contributed by atoms with van der Waals surface area (Å²) >= 11 is 0. The summed E-state index contributed by atoms with van der Waals surface area (Å²) in [5, 5.41) is 14.4. The van der Waals surface area contributed by atoms with Crippen LogP contribution in [0.5, 0.6) is 5.75 Å². The van der Waals surface area contributed by atoms with Crippen molar-refractivity contribution in [2.75, 3.05) is 24.9 Å². The zero-order chi connectivity index (χ0) is 27.3. The number of carbonyl (C=O) groups is 1. The van der Waals surface area contributed by atoms with Gasteiger partial charge in [-0.2, -0.15) is 10.4 Å². The zero-order valence-corrected chi connectivity index (χ0v) is 21.6. The van der Waals surface area contributed by atoms with Crippen molar-refractivity contribution in [2.45, 2.75) is 18.9 Å². The molecule has 3 N–H and O–H groups in total. The molecule has 0 aliphatic carbocycles. The molecule has 12 heteroatoms. The Kier molecular flexibility index (Phi) is 7.78. The van der Waals surface area contributed by atoms with Gasteiger partial charge >= 0.3 is 0 Å². The summed E-state index contributed by atoms with van der Waals surface area (Å²) < 4.78 is 32.9. The van der Waals surface area contributed by atoms with Crippen molar-refractivity contribution >= 4 is 38.9 Å². The van der Waals surface area contributed by atoms with E-state index in [2.05, 4.69) is 22.5 Å². The average molecular weight is 534 g/mol. The highest BCUT2D eigenvalue weighted by Gasteiger charge is 2.23. The van der Waals surface area contributed by atoms with Crippen LogP contribution in [0.15, 0.2) is 65.9 Å². The molecule has 4 rings (SSSR count). The number of methoxy groups -OCH3 is 1. The van der Waals surface area contributed by atoms with Gasteiger partial charge in [0.25, 0.3) is 15.9 Å². The van der Waals surface area contributed by atoms with Crippen LogP contribution in [0.2, 0.25) is 0 Å². The monoisotopic (exact) mass is 533 g/mol. The SMILES string of the molecule is C=CS(=O)(=O)Nc1cccc(C(=O)N2CCC(N=C/C(=C\N)c3cc(OC)c4c(C#N)cnn4c3)CC2)c1. The van der Waals surface area contributed by atoms with E-state index >= 15 is 0 Å². The number of hydrogen-bond acceptors (Lipinski definition) is 8. The Morgan fingerprint density at radius 3 is 2.74 bits per heavy atom. The summed E-state index contributed by atoms with van der Waals surface area (Å²) in [6, 6.07) is 10.3. The fraction of sp³-hybridized carbons (Fsp3) is 0.231. The predicted molar refractivity (Wildman–Crippen MR) is 145 cm³/mol. The number of amides is 1. The molecular formula is C26H27N7O4S. The van der Waals surface area contributed by atoms with Crippen LogP contribution in [0.1, 0.15) is 34.3 Å². The number of ether oxygens (including phenoxy) is 1. The first-order chi connectivity index (χ1) is 18.3. The van der Waals surface area contributed by atoms with Crippen LogP contribution in [0.3, 0.4) is 0 Å². The smallest absolute Gasteiger partial charge is 0.254 e. The highest BCUT2D eigenvalue weighted by Crippen LogP contribution is 2.27. The molecule has 2 aromatic heterocycles. The molecule has 0 bridgehead atoms. The lowest BCUT2D eigenvalue weighted by atomic mass is 10.0. The van der Waals surface area contributed by atoms with Gasteiger partial charge in [-0.3, -0.25) is 14.5 Å². The van der Waals surface area contributed by atoms with Gasteiger partial charge in [-0.05, 0) is 37.1 Å². The van der Waals surface area contributed by atoms with Crippen molar-refractivity contribution in [3.05, 3.63) is 77.6 Å². The third-order valence-electron chi connectivity index (χ3n) is 6.20. The van der Waals surface area contributed by atoms with E-state index < -0.39 is 10.0 Å². The largest absolute Gasteiger partial charge is 0.494 e. The van der Waals surface area contributed by atoms with Crippen LogP contribution in [0.25, 0.3) is 11.1 Å². The Balaban J connectivity index is 1.42. The van der Waals surface area contributed by atoms with E-state index in [-0.39, 0.29) is 11.9 Å². The van der Waals surface area contributed by atoms with Gasteiger partial charge in [-0.15, -0.1) is 0 Å². The van der Waals surface area contributed by atoms with E-state index in [1.807, 2.05) is 0 Å². The Bertz CT molecular complexity index is 1580. The minimum atomic E-state index is -3.66. The number of sulfonamides is 1. The Labute approximate surface area is 220 Å². The summed E-state index contributed by atoms with van der Waals surface area (Å²) in [6.45, 7) is 4.29. The summed E-state index contributed by atoms with van der Waals surface area (Å²) in [7, 11) is -2.14. The van der Waals surface area contributed by atoms with Crippen LogP contribution in [0.4, 0.5) is 5.69 Å². The van der Waals surface area contributed by atoms with Crippen molar-refractivity contribution in [3.63, 3.8) is 0 Å². The molecule has 0 saturated carbocycles. The number of nitriles is 1. The van der Waals surface area contributed by atoms with Crippen LogP contribution in [-0.2, 0) is 10.0 Å². The maximum Gasteiger partial charge on any atom is 0.254 e. The first-order valence-corrected chi connectivity index (χ1v) is 13.3. The van der Waals surface area contributed by atoms with Crippen molar-refractivity contribution in [2.24, 2.45) is 10.7 Å². The number of aromatic nitrogens is 2. The maximum atomic E-state index is 13.0. The molecule has 0 spiro atoms. The van der Waals surface area contributed by atoms with Gasteiger partial charge in [0.2, 0.25) is 0 Å². The van der Waals surface area contributed by atoms with Crippen LogP contribution < -0.4 is 15.2 Å². The minimum Gasteiger partial charge on any atom is -0.494 e. The van der Waals surface area contributed by atoms with Gasteiger partial charge in [-0.1, -0.05) is 12.6 Å². The van der Waals surface area contributed by atoms with E-state index in [9.17, 15) is 18.5 Å². The first-order valence-electron chi connectivity index (χ1n) is 11.7. The fourth-order valence-electron chi connectivity index (χ4n) is 4.20. The fourth-order valence-corrected chi connectivity index (χ4v) is 4.74. The van der Waals surface area contributed by atoms with E-state index in [4.69, 9.17) is 15.5 Å². The second-order valence-electron chi connectivity index (χ2n) is 8.58. The predicted octanol–water partition coefficient (Wildman–Crippen LogP) is 2.77. The standard InChI is InChI=1S/C26H27N7O4S/c1-3-38(35,36)31-23-6-4-5-18(11-23)26(34)32-9-7-22(8-10-32)29-15-20(13-27)19-12-24(37-2)25-21(14-28)16-30-33(25)17-19/h3-6,11-13,15-17,22,31H,1,7-10,27H2,2H3/b20-13+,29-15?. The van der Waals surface area contributed by atoms with E-state index in [1.165, 1.54) is 25.6 Å². The molecule has 1 amide bonds. The van der Waals surface area contributed by atoms with Crippen molar-refractivity contribution in [3.8, 4) is 11.8 Å². The third-order valence-corrected chi connectivity index (χ3v) is 7.15. The molecule has 11 nitrogen and oxygen atoms in total. The molecule has 3 aromatic rings. The highest BCUT2D eigenvalue weighted by atomic mass is 32.2. The van der Waals surface area contributed by atoms with Gasteiger partial charge in [-0.25, -0.2) is 12.9 Å². The number of carbonyl (C=O) groups excluding carboxylic acids is 1. The molecule has 0 unspecified atom stereocenters. The van der Waals surface area contributed by atoms with Gasteiger partial charge in [0.15, 0.2) is 0 Å². The van der Waals surface area contributed by atoms with Crippen molar-refractivity contribution in [1.29, 1.82) is 5.26 Å². The number of hydrogen-bond donors (Lipinski definition) is 2. The topological polar surface area (TPSA) is 155 Å². The zero-order valence-electron chi connectivity index (χ0n) is 20.7. The van der Waals surface area contributed by atoms with Crippen LogP contribution in [0, 0.1) is 11.3 Å². The van der Waals surface area contributed by atoms with E-state index in [1.54, 1.807) is 46.1 Å². The summed E-state index contributed by atoms with van der Waals surface area (Å²) in [5.74, 6) is 0.323. The van der Waals surface area contributed by atoms with Gasteiger partial charge in [0.1, 0.15) is 22.9 Å². The molecule has 1 aromatic carbocycles. The third kappa shape index (κ3) is 5.68. The molecule has 38 heavy (non-hydrogen) atoms. The van der Waals surface area contributed by atoms with Gasteiger partial charge in [0, 0.05) is 59.5 Å². The number of allylic oxidation sites excluding steroid dienone is 1. The number of likely N-dealkylation sites (tertiary alicyclic amines) is 1. The number of rotatable bonds is 8. The number of pyridine rings is 1. The molecule has 1 fully saturated rings. The van der Waals surface area contributed by atoms with Gasteiger partial charge in [0.05, 0.1) is 19.3 Å². The molecule has 196 valence electrons. The van der Waals surface area contributed by atoms with Crippen molar-refractivity contribution < 1.29 is 17.9 Å².